The number of benzene rings is 2. The van der Waals surface area contributed by atoms with Crippen LogP contribution < -0.4 is 4.74 Å². The Morgan fingerprint density at radius 3 is 2.41 bits per heavy atom. The number of ether oxygens (including phenoxy) is 1. The Hall–Kier alpha value is -1.54. The molecular weight excluding hydrogens is 210 g/mol. The molecule has 0 N–H and O–H groups in total. The Morgan fingerprint density at radius 1 is 1.00 bits per heavy atom. The van der Waals surface area contributed by atoms with Crippen molar-refractivity contribution in [2.24, 2.45) is 0 Å². The molecule has 2 aromatic rings. The summed E-state index contributed by atoms with van der Waals surface area (Å²) in [5.41, 5.74) is 1.38. The maximum Gasteiger partial charge on any atom is 0.126 e. The molecule has 0 bridgehead atoms. The molecule has 0 spiro atoms. The van der Waals surface area contributed by atoms with Crippen molar-refractivity contribution in [3.8, 4) is 5.75 Å². The molecule has 0 atom stereocenters. The monoisotopic (exact) mass is 229 g/mol. The first-order valence-corrected chi connectivity index (χ1v) is 5.91. The molecule has 17 heavy (non-hydrogen) atoms. The van der Waals surface area contributed by atoms with Crippen molar-refractivity contribution < 1.29 is 4.74 Å². The Bertz CT molecular complexity index is 505. The lowest BCUT2D eigenvalue weighted by atomic mass is 10.0. The predicted molar refractivity (Wildman–Crippen MR) is 72.8 cm³/mol. The maximum absolute atomic E-state index is 5.40. The summed E-state index contributed by atoms with van der Waals surface area (Å²) >= 11 is 0. The van der Waals surface area contributed by atoms with Crippen LogP contribution in [0, 0.1) is 0 Å². The predicted octanol–water partition coefficient (Wildman–Crippen LogP) is 2.95. The molecule has 0 aromatic heterocycles. The average molecular weight is 229 g/mol. The van der Waals surface area contributed by atoms with E-state index in [0.717, 1.165) is 18.7 Å². The first-order chi connectivity index (χ1) is 8.22. The number of hydrogen-bond donors (Lipinski definition) is 0. The van der Waals surface area contributed by atoms with Gasteiger partial charge in [0, 0.05) is 11.9 Å². The van der Waals surface area contributed by atoms with Crippen LogP contribution in [-0.2, 0) is 6.42 Å². The number of likely N-dealkylation sites (N-methyl/N-ethyl adjacent to an activating group) is 1. The molecular formula is C15H19NO. The summed E-state index contributed by atoms with van der Waals surface area (Å²) in [5, 5.41) is 2.50. The van der Waals surface area contributed by atoms with Gasteiger partial charge in [0.1, 0.15) is 5.75 Å². The highest BCUT2D eigenvalue weighted by Crippen LogP contribution is 2.27. The normalized spacial score (nSPS) is 11.1. The highest BCUT2D eigenvalue weighted by molar-refractivity contribution is 5.90. The summed E-state index contributed by atoms with van der Waals surface area (Å²) in [4.78, 5) is 2.21. The Labute approximate surface area is 103 Å². The third kappa shape index (κ3) is 2.59. The molecule has 2 nitrogen and oxygen atoms in total. The Kier molecular flexibility index (Phi) is 3.64. The number of fused-ring (bicyclic) bond motifs is 1. The van der Waals surface area contributed by atoms with E-state index >= 15 is 0 Å². The van der Waals surface area contributed by atoms with Crippen molar-refractivity contribution in [1.82, 2.24) is 4.90 Å². The summed E-state index contributed by atoms with van der Waals surface area (Å²) < 4.78 is 5.40. The standard InChI is InChI=1S/C15H19NO/c1-16(2)11-10-12-6-4-8-14-13(12)7-5-9-15(14)17-3/h4-9H,10-11H2,1-3H3. The van der Waals surface area contributed by atoms with Gasteiger partial charge in [-0.2, -0.15) is 0 Å². The van der Waals surface area contributed by atoms with Crippen molar-refractivity contribution in [1.29, 1.82) is 0 Å². The van der Waals surface area contributed by atoms with Gasteiger partial charge in [0.15, 0.2) is 0 Å². The molecule has 0 amide bonds. The lowest BCUT2D eigenvalue weighted by Gasteiger charge is -2.12. The molecule has 2 rings (SSSR count). The summed E-state index contributed by atoms with van der Waals surface area (Å²) in [6.45, 7) is 1.07. The lowest BCUT2D eigenvalue weighted by molar-refractivity contribution is 0.414. The highest BCUT2D eigenvalue weighted by Gasteiger charge is 2.05. The highest BCUT2D eigenvalue weighted by atomic mass is 16.5. The smallest absolute Gasteiger partial charge is 0.126 e. The molecule has 0 aliphatic heterocycles. The van der Waals surface area contributed by atoms with E-state index in [1.54, 1.807) is 7.11 Å². The summed E-state index contributed by atoms with van der Waals surface area (Å²) in [6, 6.07) is 12.7. The molecule has 0 fully saturated rings. The zero-order valence-corrected chi connectivity index (χ0v) is 10.7. The summed E-state index contributed by atoms with van der Waals surface area (Å²) in [7, 11) is 5.93. The van der Waals surface area contributed by atoms with Crippen molar-refractivity contribution in [2.75, 3.05) is 27.7 Å². The molecule has 0 aliphatic carbocycles. The summed E-state index contributed by atoms with van der Waals surface area (Å²) in [5.74, 6) is 0.953. The van der Waals surface area contributed by atoms with Gasteiger partial charge in [-0.25, -0.2) is 0 Å². The molecule has 0 unspecified atom stereocenters. The van der Waals surface area contributed by atoms with Crippen LogP contribution >= 0.6 is 0 Å². The van der Waals surface area contributed by atoms with E-state index in [4.69, 9.17) is 4.74 Å². The zero-order valence-electron chi connectivity index (χ0n) is 10.7. The largest absolute Gasteiger partial charge is 0.496 e. The van der Waals surface area contributed by atoms with E-state index in [9.17, 15) is 0 Å². The first kappa shape index (κ1) is 11.9. The zero-order chi connectivity index (χ0) is 12.3. The van der Waals surface area contributed by atoms with E-state index < -0.39 is 0 Å². The molecule has 90 valence electrons. The van der Waals surface area contributed by atoms with Crippen LogP contribution in [0.4, 0.5) is 0 Å². The van der Waals surface area contributed by atoms with Gasteiger partial charge in [-0.1, -0.05) is 30.3 Å². The topological polar surface area (TPSA) is 12.5 Å². The van der Waals surface area contributed by atoms with E-state index in [-0.39, 0.29) is 0 Å². The number of rotatable bonds is 4. The second-order valence-electron chi connectivity index (χ2n) is 4.53. The molecule has 2 heteroatoms. The second-order valence-corrected chi connectivity index (χ2v) is 4.53. The average Bonchev–Trinajstić information content (AvgIpc) is 2.35. The minimum Gasteiger partial charge on any atom is -0.496 e. The molecule has 0 saturated heterocycles. The van der Waals surface area contributed by atoms with Crippen LogP contribution in [0.5, 0.6) is 5.75 Å². The fourth-order valence-electron chi connectivity index (χ4n) is 2.09. The van der Waals surface area contributed by atoms with Crippen LogP contribution in [0.25, 0.3) is 10.8 Å². The van der Waals surface area contributed by atoms with Crippen molar-refractivity contribution >= 4 is 10.8 Å². The number of hydrogen-bond acceptors (Lipinski definition) is 2. The second kappa shape index (κ2) is 5.19. The Morgan fingerprint density at radius 2 is 1.71 bits per heavy atom. The van der Waals surface area contributed by atoms with Gasteiger partial charge in [0.2, 0.25) is 0 Å². The Balaban J connectivity index is 2.43. The van der Waals surface area contributed by atoms with E-state index in [1.807, 2.05) is 6.07 Å². The molecule has 2 aromatic carbocycles. The van der Waals surface area contributed by atoms with Gasteiger partial charge in [0.25, 0.3) is 0 Å². The van der Waals surface area contributed by atoms with Crippen LogP contribution in [0.15, 0.2) is 36.4 Å². The van der Waals surface area contributed by atoms with Gasteiger partial charge in [0.05, 0.1) is 7.11 Å². The minimum absolute atomic E-state index is 0.953. The van der Waals surface area contributed by atoms with E-state index in [2.05, 4.69) is 49.3 Å². The lowest BCUT2D eigenvalue weighted by Crippen LogP contribution is -2.15. The van der Waals surface area contributed by atoms with E-state index in [0.29, 0.717) is 0 Å². The third-order valence-electron chi connectivity index (χ3n) is 3.02. The van der Waals surface area contributed by atoms with Crippen molar-refractivity contribution in [2.45, 2.75) is 6.42 Å². The SMILES string of the molecule is COc1cccc2c(CCN(C)C)cccc12. The number of nitrogens with zero attached hydrogens (tertiary/aromatic N) is 1. The fraction of sp³-hybridized carbons (Fsp3) is 0.333. The van der Waals surface area contributed by atoms with Crippen molar-refractivity contribution in [3.05, 3.63) is 42.0 Å². The van der Waals surface area contributed by atoms with E-state index in [1.165, 1.54) is 16.3 Å². The van der Waals surface area contributed by atoms with Gasteiger partial charge in [-0.15, -0.1) is 0 Å². The third-order valence-corrected chi connectivity index (χ3v) is 3.02. The van der Waals surface area contributed by atoms with Crippen LogP contribution in [0.1, 0.15) is 5.56 Å². The van der Waals surface area contributed by atoms with Gasteiger partial charge < -0.3 is 9.64 Å². The molecule has 0 aliphatic rings. The number of methoxy groups -OCH3 is 1. The quantitative estimate of drug-likeness (QED) is 0.799. The summed E-state index contributed by atoms with van der Waals surface area (Å²) in [6.07, 6.45) is 1.07. The van der Waals surface area contributed by atoms with Gasteiger partial charge >= 0.3 is 0 Å². The maximum atomic E-state index is 5.40. The minimum atomic E-state index is 0.953. The first-order valence-electron chi connectivity index (χ1n) is 5.91. The van der Waals surface area contributed by atoms with Crippen LogP contribution in [-0.4, -0.2) is 32.6 Å². The fourth-order valence-corrected chi connectivity index (χ4v) is 2.09. The van der Waals surface area contributed by atoms with Crippen LogP contribution in [0.3, 0.4) is 0 Å². The van der Waals surface area contributed by atoms with Crippen molar-refractivity contribution in [3.63, 3.8) is 0 Å². The molecule has 0 radical (unpaired) electrons. The molecule has 0 heterocycles. The van der Waals surface area contributed by atoms with Gasteiger partial charge in [-0.3, -0.25) is 0 Å². The van der Waals surface area contributed by atoms with Crippen LogP contribution in [0.2, 0.25) is 0 Å². The molecule has 0 saturated carbocycles. The van der Waals surface area contributed by atoms with Gasteiger partial charge in [-0.05, 0) is 37.5 Å².